The highest BCUT2D eigenvalue weighted by molar-refractivity contribution is 7.80. The van der Waals surface area contributed by atoms with Crippen LogP contribution in [0.2, 0.25) is 0 Å². The number of hydrazone groups is 1. The van der Waals surface area contributed by atoms with Gasteiger partial charge >= 0.3 is 5.97 Å². The van der Waals surface area contributed by atoms with E-state index < -0.39 is 0 Å². The van der Waals surface area contributed by atoms with Crippen molar-refractivity contribution in [1.29, 1.82) is 0 Å². The summed E-state index contributed by atoms with van der Waals surface area (Å²) >= 11 is 6.62. The summed E-state index contributed by atoms with van der Waals surface area (Å²) in [5.41, 5.74) is 3.73. The number of nitrogens with one attached hydrogen (secondary N) is 2. The average Bonchev–Trinajstić information content (AvgIpc) is 3.19. The third-order valence-corrected chi connectivity index (χ3v) is 5.19. The summed E-state index contributed by atoms with van der Waals surface area (Å²) in [5.74, 6) is 0.158. The molecule has 0 amide bonds. The predicted molar refractivity (Wildman–Crippen MR) is 109 cm³/mol. The Morgan fingerprint density at radius 2 is 1.96 bits per heavy atom. The van der Waals surface area contributed by atoms with Crippen molar-refractivity contribution in [2.75, 3.05) is 0 Å². The molecule has 0 radical (unpaired) electrons. The summed E-state index contributed by atoms with van der Waals surface area (Å²) in [6.45, 7) is 0. The fourth-order valence-corrected chi connectivity index (χ4v) is 3.62. The van der Waals surface area contributed by atoms with Crippen molar-refractivity contribution in [2.24, 2.45) is 5.10 Å². The van der Waals surface area contributed by atoms with Gasteiger partial charge in [-0.25, -0.2) is 4.79 Å². The number of carbonyl (C=O) groups is 1. The Bertz CT molecular complexity index is 752. The Morgan fingerprint density at radius 3 is 2.65 bits per heavy atom. The highest BCUT2D eigenvalue weighted by atomic mass is 32.1. The molecule has 5 nitrogen and oxygen atoms in total. The van der Waals surface area contributed by atoms with E-state index in [2.05, 4.69) is 15.8 Å². The van der Waals surface area contributed by atoms with E-state index in [-0.39, 0.29) is 5.97 Å². The molecule has 1 fully saturated rings. The molecular formula is C19H21N3O2S2. The molecule has 3 rings (SSSR count). The molecule has 1 heterocycles. The van der Waals surface area contributed by atoms with Crippen LogP contribution in [0.15, 0.2) is 46.9 Å². The van der Waals surface area contributed by atoms with Crippen molar-refractivity contribution < 1.29 is 9.53 Å². The van der Waals surface area contributed by atoms with Crippen LogP contribution in [0.3, 0.4) is 0 Å². The van der Waals surface area contributed by atoms with Gasteiger partial charge in [-0.15, -0.1) is 11.3 Å². The number of esters is 1. The summed E-state index contributed by atoms with van der Waals surface area (Å²) in [4.78, 5) is 12.5. The number of benzene rings is 1. The number of nitrogens with zero attached hydrogens (tertiary/aromatic N) is 1. The number of hydrogen-bond acceptors (Lipinski definition) is 5. The zero-order valence-corrected chi connectivity index (χ0v) is 15.9. The predicted octanol–water partition coefficient (Wildman–Crippen LogP) is 4.10. The molecule has 0 aliphatic heterocycles. The van der Waals surface area contributed by atoms with Gasteiger partial charge in [-0.2, -0.15) is 5.10 Å². The molecule has 2 aromatic rings. The van der Waals surface area contributed by atoms with Gasteiger partial charge in [0.15, 0.2) is 5.11 Å². The Labute approximate surface area is 162 Å². The molecule has 1 aromatic heterocycles. The molecule has 0 unspecified atom stereocenters. The van der Waals surface area contributed by atoms with E-state index in [1.54, 1.807) is 24.4 Å². The highest BCUT2D eigenvalue weighted by Crippen LogP contribution is 2.17. The summed E-state index contributed by atoms with van der Waals surface area (Å²) < 4.78 is 5.32. The van der Waals surface area contributed by atoms with Gasteiger partial charge in [-0.1, -0.05) is 25.3 Å². The lowest BCUT2D eigenvalue weighted by Gasteiger charge is -2.23. The molecule has 136 valence electrons. The van der Waals surface area contributed by atoms with Gasteiger partial charge in [-0.05, 0) is 66.3 Å². The van der Waals surface area contributed by atoms with E-state index in [0.29, 0.717) is 21.8 Å². The van der Waals surface area contributed by atoms with Crippen LogP contribution >= 0.6 is 23.6 Å². The first-order valence-corrected chi connectivity index (χ1v) is 9.95. The maximum atomic E-state index is 11.9. The number of carbonyl (C=O) groups excluding carboxylic acids is 1. The first-order valence-electron chi connectivity index (χ1n) is 8.66. The Kier molecular flexibility index (Phi) is 6.74. The first-order chi connectivity index (χ1) is 12.7. The second-order valence-electron chi connectivity index (χ2n) is 6.11. The van der Waals surface area contributed by atoms with Crippen LogP contribution in [0.4, 0.5) is 0 Å². The van der Waals surface area contributed by atoms with E-state index in [1.165, 1.54) is 30.6 Å². The van der Waals surface area contributed by atoms with Crippen molar-refractivity contribution in [3.05, 3.63) is 52.2 Å². The second-order valence-corrected chi connectivity index (χ2v) is 7.47. The van der Waals surface area contributed by atoms with Gasteiger partial charge in [-0.3, -0.25) is 5.43 Å². The molecule has 26 heavy (non-hydrogen) atoms. The molecule has 7 heteroatoms. The van der Waals surface area contributed by atoms with Crippen molar-refractivity contribution in [2.45, 2.75) is 38.1 Å². The maximum absolute atomic E-state index is 11.9. The molecule has 1 aromatic carbocycles. The van der Waals surface area contributed by atoms with Gasteiger partial charge in [0, 0.05) is 6.04 Å². The zero-order valence-electron chi connectivity index (χ0n) is 14.3. The summed E-state index contributed by atoms with van der Waals surface area (Å²) in [6.07, 6.45) is 7.84. The molecule has 0 atom stereocenters. The molecule has 0 spiro atoms. The third-order valence-electron chi connectivity index (χ3n) is 4.13. The van der Waals surface area contributed by atoms with Crippen molar-refractivity contribution in [3.63, 3.8) is 0 Å². The van der Waals surface area contributed by atoms with Crippen LogP contribution in [-0.2, 0) is 0 Å². The lowest BCUT2D eigenvalue weighted by molar-refractivity contribution is 0.0740. The number of thiocarbonyl (C=S) groups is 1. The Morgan fingerprint density at radius 1 is 1.19 bits per heavy atom. The fraction of sp³-hybridized carbons (Fsp3) is 0.316. The normalized spacial score (nSPS) is 14.9. The molecule has 1 aliphatic rings. The first kappa shape index (κ1) is 18.5. The van der Waals surface area contributed by atoms with E-state index in [9.17, 15) is 4.79 Å². The summed E-state index contributed by atoms with van der Waals surface area (Å²) in [5, 5.41) is 9.85. The molecule has 0 saturated heterocycles. The van der Waals surface area contributed by atoms with Gasteiger partial charge in [0.25, 0.3) is 0 Å². The monoisotopic (exact) mass is 387 g/mol. The lowest BCUT2D eigenvalue weighted by atomic mass is 9.96. The van der Waals surface area contributed by atoms with Crippen LogP contribution in [0.25, 0.3) is 0 Å². The van der Waals surface area contributed by atoms with E-state index >= 15 is 0 Å². The van der Waals surface area contributed by atoms with Gasteiger partial charge < -0.3 is 10.1 Å². The van der Waals surface area contributed by atoms with Gasteiger partial charge in [0.05, 0.1) is 6.21 Å². The standard InChI is InChI=1S/C19H21N3O2S2/c23-18(17-7-4-12-26-17)24-16-10-8-14(9-11-16)13-20-22-19(25)21-15-5-2-1-3-6-15/h4,7-13,15H,1-3,5-6H2,(H2,21,22,25)/b20-13-. The topological polar surface area (TPSA) is 62.7 Å². The SMILES string of the molecule is O=C(Oc1ccc(/C=N\NC(=S)NC2CCCCC2)cc1)c1cccs1. The minimum Gasteiger partial charge on any atom is -0.422 e. The van der Waals surface area contributed by atoms with Gasteiger partial charge in [0.1, 0.15) is 10.6 Å². The van der Waals surface area contributed by atoms with Crippen LogP contribution in [0.5, 0.6) is 5.75 Å². The van der Waals surface area contributed by atoms with Gasteiger partial charge in [0.2, 0.25) is 0 Å². The largest absolute Gasteiger partial charge is 0.422 e. The maximum Gasteiger partial charge on any atom is 0.353 e. The molecule has 1 aliphatic carbocycles. The number of rotatable bonds is 5. The number of hydrogen-bond donors (Lipinski definition) is 2. The summed E-state index contributed by atoms with van der Waals surface area (Å²) in [7, 11) is 0. The smallest absolute Gasteiger partial charge is 0.353 e. The number of ether oxygens (including phenoxy) is 1. The molecule has 2 N–H and O–H groups in total. The second kappa shape index (κ2) is 9.45. The molecule has 0 bridgehead atoms. The fourth-order valence-electron chi connectivity index (χ4n) is 2.80. The number of thiophene rings is 1. The van der Waals surface area contributed by atoms with Crippen molar-refractivity contribution in [3.8, 4) is 5.75 Å². The van der Waals surface area contributed by atoms with Crippen molar-refractivity contribution in [1.82, 2.24) is 10.7 Å². The Hall–Kier alpha value is -2.25. The summed E-state index contributed by atoms with van der Waals surface area (Å²) in [6, 6.07) is 11.2. The Balaban J connectivity index is 1.45. The molecule has 1 saturated carbocycles. The van der Waals surface area contributed by atoms with Crippen LogP contribution in [0, 0.1) is 0 Å². The highest BCUT2D eigenvalue weighted by Gasteiger charge is 2.13. The average molecular weight is 388 g/mol. The minimum atomic E-state index is -0.345. The van der Waals surface area contributed by atoms with Crippen molar-refractivity contribution >= 4 is 40.9 Å². The van der Waals surface area contributed by atoms with Crippen LogP contribution in [-0.4, -0.2) is 23.3 Å². The lowest BCUT2D eigenvalue weighted by Crippen LogP contribution is -2.40. The molecular weight excluding hydrogens is 366 g/mol. The van der Waals surface area contributed by atoms with E-state index in [4.69, 9.17) is 17.0 Å². The third kappa shape index (κ3) is 5.64. The quantitative estimate of drug-likeness (QED) is 0.266. The van der Waals surface area contributed by atoms with E-state index in [0.717, 1.165) is 18.4 Å². The minimum absolute atomic E-state index is 0.345. The van der Waals surface area contributed by atoms with E-state index in [1.807, 2.05) is 23.6 Å². The van der Waals surface area contributed by atoms with Crippen LogP contribution < -0.4 is 15.5 Å². The zero-order chi connectivity index (χ0) is 18.2. The van der Waals surface area contributed by atoms with Crippen LogP contribution in [0.1, 0.15) is 47.3 Å².